The molecule has 0 spiro atoms. The Hall–Kier alpha value is -1.27. The molecule has 0 saturated carbocycles. The average molecular weight is 360 g/mol. The van der Waals surface area contributed by atoms with Crippen molar-refractivity contribution >= 4 is 33.2 Å². The van der Waals surface area contributed by atoms with Gasteiger partial charge in [-0.15, -0.1) is 0 Å². The summed E-state index contributed by atoms with van der Waals surface area (Å²) in [6.07, 6.45) is 0. The first-order valence-electron chi connectivity index (χ1n) is 6.52. The molecule has 0 saturated heterocycles. The molecule has 22 heavy (non-hydrogen) atoms. The first-order valence-corrected chi connectivity index (χ1v) is 8.76. The Bertz CT molecular complexity index is 726. The number of halogens is 2. The molecule has 0 fully saturated rings. The van der Waals surface area contributed by atoms with Crippen molar-refractivity contribution in [2.45, 2.75) is 11.8 Å². The number of aryl methyl sites for hydroxylation is 1. The Labute approximate surface area is 140 Å². The van der Waals surface area contributed by atoms with E-state index in [1.807, 2.05) is 6.92 Å². The minimum absolute atomic E-state index is 0.139. The van der Waals surface area contributed by atoms with Gasteiger partial charge in [0.1, 0.15) is 12.4 Å². The van der Waals surface area contributed by atoms with Crippen LogP contribution < -0.4 is 9.46 Å². The van der Waals surface area contributed by atoms with E-state index in [4.69, 9.17) is 27.9 Å². The van der Waals surface area contributed by atoms with E-state index in [-0.39, 0.29) is 18.0 Å². The summed E-state index contributed by atoms with van der Waals surface area (Å²) in [4.78, 5) is 0.226. The maximum atomic E-state index is 12.1. The summed E-state index contributed by atoms with van der Waals surface area (Å²) in [7, 11) is -3.53. The molecular weight excluding hydrogens is 345 g/mol. The van der Waals surface area contributed by atoms with E-state index in [0.29, 0.717) is 15.8 Å². The predicted octanol–water partition coefficient (Wildman–Crippen LogP) is 3.66. The molecule has 4 nitrogen and oxygen atoms in total. The largest absolute Gasteiger partial charge is 0.492 e. The molecule has 7 heteroatoms. The van der Waals surface area contributed by atoms with E-state index in [1.54, 1.807) is 42.5 Å². The van der Waals surface area contributed by atoms with E-state index < -0.39 is 10.0 Å². The van der Waals surface area contributed by atoms with Crippen molar-refractivity contribution in [2.24, 2.45) is 0 Å². The zero-order valence-electron chi connectivity index (χ0n) is 11.8. The zero-order valence-corrected chi connectivity index (χ0v) is 14.2. The van der Waals surface area contributed by atoms with Crippen LogP contribution in [-0.2, 0) is 10.0 Å². The van der Waals surface area contributed by atoms with Crippen molar-refractivity contribution in [1.29, 1.82) is 0 Å². The lowest BCUT2D eigenvalue weighted by Gasteiger charge is -2.09. The van der Waals surface area contributed by atoms with Crippen LogP contribution in [-0.4, -0.2) is 21.6 Å². The molecular formula is C15H15Cl2NO3S. The van der Waals surface area contributed by atoms with Crippen molar-refractivity contribution in [3.63, 3.8) is 0 Å². The highest BCUT2D eigenvalue weighted by atomic mass is 35.5. The number of rotatable bonds is 6. The Balaban J connectivity index is 1.89. The van der Waals surface area contributed by atoms with Gasteiger partial charge in [0.05, 0.1) is 4.90 Å². The monoisotopic (exact) mass is 359 g/mol. The summed E-state index contributed by atoms with van der Waals surface area (Å²) >= 11 is 11.7. The van der Waals surface area contributed by atoms with Crippen molar-refractivity contribution in [1.82, 2.24) is 4.72 Å². The third-order valence-corrected chi connectivity index (χ3v) is 4.74. The number of benzene rings is 2. The van der Waals surface area contributed by atoms with Gasteiger partial charge in [-0.25, -0.2) is 13.1 Å². The summed E-state index contributed by atoms with van der Waals surface area (Å²) in [6.45, 7) is 2.20. The first-order chi connectivity index (χ1) is 10.4. The lowest BCUT2D eigenvalue weighted by Crippen LogP contribution is -2.28. The Kier molecular flexibility index (Phi) is 5.69. The smallest absolute Gasteiger partial charge is 0.240 e. The topological polar surface area (TPSA) is 55.4 Å². The van der Waals surface area contributed by atoms with Crippen LogP contribution in [0.4, 0.5) is 0 Å². The van der Waals surface area contributed by atoms with Crippen LogP contribution in [0, 0.1) is 6.92 Å². The van der Waals surface area contributed by atoms with Gasteiger partial charge in [0.25, 0.3) is 0 Å². The molecule has 2 aromatic rings. The van der Waals surface area contributed by atoms with Gasteiger partial charge in [-0.2, -0.15) is 0 Å². The summed E-state index contributed by atoms with van der Waals surface area (Å²) in [5, 5.41) is 0.922. The molecule has 0 aliphatic rings. The van der Waals surface area contributed by atoms with E-state index in [2.05, 4.69) is 4.72 Å². The number of ether oxygens (including phenoxy) is 1. The number of hydrogen-bond donors (Lipinski definition) is 1. The Morgan fingerprint density at radius 2 is 1.64 bits per heavy atom. The molecule has 0 heterocycles. The lowest BCUT2D eigenvalue weighted by molar-refractivity contribution is 0.323. The minimum atomic E-state index is -3.53. The van der Waals surface area contributed by atoms with Crippen molar-refractivity contribution < 1.29 is 13.2 Å². The van der Waals surface area contributed by atoms with E-state index in [9.17, 15) is 8.42 Å². The molecule has 2 rings (SSSR count). The second kappa shape index (κ2) is 7.33. The standard InChI is InChI=1S/C15H15Cl2NO3S/c1-11-2-4-15(5-3-11)22(19,20)18-6-7-21-14-9-12(16)8-13(17)10-14/h2-5,8-10,18H,6-7H2,1H3. The molecule has 0 radical (unpaired) electrons. The van der Waals surface area contributed by atoms with E-state index in [0.717, 1.165) is 5.56 Å². The highest BCUT2D eigenvalue weighted by Crippen LogP contribution is 2.24. The molecule has 118 valence electrons. The Morgan fingerprint density at radius 1 is 1.05 bits per heavy atom. The molecule has 0 bridgehead atoms. The number of nitrogens with one attached hydrogen (secondary N) is 1. The SMILES string of the molecule is Cc1ccc(S(=O)(=O)NCCOc2cc(Cl)cc(Cl)c2)cc1. The number of hydrogen-bond acceptors (Lipinski definition) is 3. The molecule has 0 aliphatic heterocycles. The number of sulfonamides is 1. The van der Waals surface area contributed by atoms with Gasteiger partial charge in [-0.05, 0) is 37.3 Å². The molecule has 0 atom stereocenters. The summed E-state index contributed by atoms with van der Waals surface area (Å²) in [5.41, 5.74) is 1.00. The highest BCUT2D eigenvalue weighted by molar-refractivity contribution is 7.89. The van der Waals surface area contributed by atoms with Gasteiger partial charge in [0, 0.05) is 16.6 Å². The molecule has 0 unspecified atom stereocenters. The molecule has 2 aromatic carbocycles. The average Bonchev–Trinajstić information content (AvgIpc) is 2.43. The van der Waals surface area contributed by atoms with Crippen LogP contribution in [0.5, 0.6) is 5.75 Å². The first kappa shape index (κ1) is 17.1. The van der Waals surface area contributed by atoms with Crippen molar-refractivity contribution in [3.8, 4) is 5.75 Å². The summed E-state index contributed by atoms with van der Waals surface area (Å²) in [6, 6.07) is 11.4. The van der Waals surface area contributed by atoms with Gasteiger partial charge in [0.2, 0.25) is 10.0 Å². The van der Waals surface area contributed by atoms with Gasteiger partial charge in [-0.1, -0.05) is 40.9 Å². The highest BCUT2D eigenvalue weighted by Gasteiger charge is 2.12. The van der Waals surface area contributed by atoms with Crippen LogP contribution in [0.1, 0.15) is 5.56 Å². The normalized spacial score (nSPS) is 11.4. The third kappa shape index (κ3) is 4.88. The molecule has 0 aliphatic carbocycles. The van der Waals surface area contributed by atoms with E-state index in [1.165, 1.54) is 0 Å². The fourth-order valence-corrected chi connectivity index (χ4v) is 3.28. The van der Waals surface area contributed by atoms with Crippen molar-refractivity contribution in [2.75, 3.05) is 13.2 Å². The van der Waals surface area contributed by atoms with Gasteiger partial charge in [0.15, 0.2) is 0 Å². The lowest BCUT2D eigenvalue weighted by atomic mass is 10.2. The fourth-order valence-electron chi connectivity index (χ4n) is 1.76. The summed E-state index contributed by atoms with van der Waals surface area (Å²) < 4.78 is 32.0. The predicted molar refractivity (Wildman–Crippen MR) is 88.3 cm³/mol. The maximum absolute atomic E-state index is 12.1. The fraction of sp³-hybridized carbons (Fsp3) is 0.200. The van der Waals surface area contributed by atoms with Gasteiger partial charge < -0.3 is 4.74 Å². The van der Waals surface area contributed by atoms with Crippen LogP contribution in [0.2, 0.25) is 10.0 Å². The third-order valence-electron chi connectivity index (χ3n) is 2.83. The molecule has 1 N–H and O–H groups in total. The van der Waals surface area contributed by atoms with Crippen LogP contribution in [0.25, 0.3) is 0 Å². The van der Waals surface area contributed by atoms with Crippen LogP contribution >= 0.6 is 23.2 Å². The molecule has 0 aromatic heterocycles. The minimum Gasteiger partial charge on any atom is -0.492 e. The van der Waals surface area contributed by atoms with Crippen molar-refractivity contribution in [3.05, 3.63) is 58.1 Å². The maximum Gasteiger partial charge on any atom is 0.240 e. The Morgan fingerprint density at radius 3 is 2.23 bits per heavy atom. The second-order valence-corrected chi connectivity index (χ2v) is 7.30. The summed E-state index contributed by atoms with van der Waals surface area (Å²) in [5.74, 6) is 0.493. The van der Waals surface area contributed by atoms with Crippen LogP contribution in [0.3, 0.4) is 0 Å². The van der Waals surface area contributed by atoms with Crippen LogP contribution in [0.15, 0.2) is 47.4 Å². The van der Waals surface area contributed by atoms with Gasteiger partial charge >= 0.3 is 0 Å². The van der Waals surface area contributed by atoms with E-state index >= 15 is 0 Å². The second-order valence-electron chi connectivity index (χ2n) is 4.66. The quantitative estimate of drug-likeness (QED) is 0.800. The molecule has 0 amide bonds. The zero-order chi connectivity index (χ0) is 16.2. The van der Waals surface area contributed by atoms with Gasteiger partial charge in [-0.3, -0.25) is 0 Å².